The molecule has 3 nitrogen and oxygen atoms in total. The molecule has 0 atom stereocenters. The van der Waals surface area contributed by atoms with Gasteiger partial charge in [0.1, 0.15) is 16.8 Å². The molecule has 1 aliphatic rings. The molecule has 1 aromatic rings. The fraction of sp³-hybridized carbons (Fsp3) is 0.733. The highest BCUT2D eigenvalue weighted by atomic mass is 35.5. The van der Waals surface area contributed by atoms with Crippen LogP contribution in [0.25, 0.3) is 0 Å². The summed E-state index contributed by atoms with van der Waals surface area (Å²) >= 11 is 6.12. The lowest BCUT2D eigenvalue weighted by Gasteiger charge is -2.24. The number of aromatic nitrogens is 2. The Kier molecular flexibility index (Phi) is 4.67. The molecule has 0 aromatic carbocycles. The maximum absolute atomic E-state index is 6.12. The van der Waals surface area contributed by atoms with Crippen LogP contribution in [0.1, 0.15) is 52.3 Å². The van der Waals surface area contributed by atoms with Gasteiger partial charge in [0.15, 0.2) is 0 Å². The summed E-state index contributed by atoms with van der Waals surface area (Å²) in [6.07, 6.45) is 5.65. The molecule has 0 radical (unpaired) electrons. The van der Waals surface area contributed by atoms with Crippen LogP contribution in [-0.4, -0.2) is 23.1 Å². The summed E-state index contributed by atoms with van der Waals surface area (Å²) in [5.74, 6) is 1.87. The number of hydrogen-bond donors (Lipinski definition) is 0. The number of nitrogens with zero attached hydrogens (tertiary/aromatic N) is 3. The largest absolute Gasteiger partial charge is 0.356 e. The van der Waals surface area contributed by atoms with Gasteiger partial charge in [0.25, 0.3) is 0 Å². The minimum Gasteiger partial charge on any atom is -0.356 e. The molecular weight excluding hydrogens is 258 g/mol. The number of hydrogen-bond acceptors (Lipinski definition) is 3. The fourth-order valence-electron chi connectivity index (χ4n) is 2.60. The fourth-order valence-corrected chi connectivity index (χ4v) is 2.80. The van der Waals surface area contributed by atoms with Crippen molar-refractivity contribution in [3.8, 4) is 0 Å². The molecule has 0 amide bonds. The van der Waals surface area contributed by atoms with Crippen molar-refractivity contribution in [3.05, 3.63) is 17.0 Å². The topological polar surface area (TPSA) is 29.0 Å². The van der Waals surface area contributed by atoms with Crippen molar-refractivity contribution >= 4 is 17.4 Å². The standard InChI is InChI=1S/C15H24ClN3/c1-4-6-13-17-12(16)11-14(18-13)19-9-5-7-15(2,3)8-10-19/h11H,4-10H2,1-3H3. The average molecular weight is 282 g/mol. The highest BCUT2D eigenvalue weighted by Gasteiger charge is 2.24. The van der Waals surface area contributed by atoms with E-state index in [0.717, 1.165) is 37.6 Å². The van der Waals surface area contributed by atoms with E-state index in [1.807, 2.05) is 6.07 Å². The smallest absolute Gasteiger partial charge is 0.134 e. The van der Waals surface area contributed by atoms with Gasteiger partial charge in [0, 0.05) is 25.6 Å². The van der Waals surface area contributed by atoms with Gasteiger partial charge in [0.05, 0.1) is 0 Å². The van der Waals surface area contributed by atoms with Gasteiger partial charge in [0.2, 0.25) is 0 Å². The zero-order valence-electron chi connectivity index (χ0n) is 12.2. The Bertz CT molecular complexity index is 431. The van der Waals surface area contributed by atoms with Crippen molar-refractivity contribution in [1.82, 2.24) is 9.97 Å². The average Bonchev–Trinajstić information content (AvgIpc) is 2.50. The second-order valence-corrected chi connectivity index (χ2v) is 6.61. The highest BCUT2D eigenvalue weighted by molar-refractivity contribution is 6.29. The summed E-state index contributed by atoms with van der Waals surface area (Å²) in [5.41, 5.74) is 0.442. The van der Waals surface area contributed by atoms with Gasteiger partial charge in [-0.05, 0) is 31.1 Å². The van der Waals surface area contributed by atoms with Gasteiger partial charge in [-0.1, -0.05) is 32.4 Å². The van der Waals surface area contributed by atoms with E-state index in [1.54, 1.807) is 0 Å². The summed E-state index contributed by atoms with van der Waals surface area (Å²) in [6, 6.07) is 1.90. The SMILES string of the molecule is CCCc1nc(Cl)cc(N2CCCC(C)(C)CC2)n1. The number of rotatable bonds is 3. The first-order valence-electron chi connectivity index (χ1n) is 7.28. The Hall–Kier alpha value is -0.830. The maximum Gasteiger partial charge on any atom is 0.134 e. The van der Waals surface area contributed by atoms with E-state index in [1.165, 1.54) is 19.3 Å². The van der Waals surface area contributed by atoms with E-state index < -0.39 is 0 Å². The van der Waals surface area contributed by atoms with E-state index in [9.17, 15) is 0 Å². The zero-order valence-corrected chi connectivity index (χ0v) is 13.0. The lowest BCUT2D eigenvalue weighted by molar-refractivity contribution is 0.325. The van der Waals surface area contributed by atoms with Crippen molar-refractivity contribution < 1.29 is 0 Å². The molecule has 4 heteroatoms. The second-order valence-electron chi connectivity index (χ2n) is 6.22. The van der Waals surface area contributed by atoms with Gasteiger partial charge in [-0.25, -0.2) is 9.97 Å². The summed E-state index contributed by atoms with van der Waals surface area (Å²) in [6.45, 7) is 8.98. The molecule has 1 saturated heterocycles. The van der Waals surface area contributed by atoms with Crippen LogP contribution in [0.3, 0.4) is 0 Å². The monoisotopic (exact) mass is 281 g/mol. The molecule has 0 unspecified atom stereocenters. The number of anilines is 1. The van der Waals surface area contributed by atoms with E-state index in [-0.39, 0.29) is 0 Å². The normalized spacial score (nSPS) is 19.3. The first-order valence-corrected chi connectivity index (χ1v) is 7.66. The summed E-state index contributed by atoms with van der Waals surface area (Å²) in [7, 11) is 0. The van der Waals surface area contributed by atoms with Crippen LogP contribution < -0.4 is 4.90 Å². The Morgan fingerprint density at radius 2 is 2.05 bits per heavy atom. The molecule has 1 fully saturated rings. The van der Waals surface area contributed by atoms with Crippen molar-refractivity contribution in [1.29, 1.82) is 0 Å². The van der Waals surface area contributed by atoms with E-state index in [4.69, 9.17) is 11.6 Å². The van der Waals surface area contributed by atoms with Crippen molar-refractivity contribution in [3.63, 3.8) is 0 Å². The predicted octanol–water partition coefficient (Wildman–Crippen LogP) is 4.10. The quantitative estimate of drug-likeness (QED) is 0.781. The molecule has 1 aromatic heterocycles. The van der Waals surface area contributed by atoms with Crippen molar-refractivity contribution in [2.75, 3.05) is 18.0 Å². The molecule has 2 rings (SSSR count). The third kappa shape index (κ3) is 4.07. The van der Waals surface area contributed by atoms with Gasteiger partial charge in [-0.15, -0.1) is 0 Å². The van der Waals surface area contributed by atoms with Crippen molar-refractivity contribution in [2.45, 2.75) is 52.9 Å². The first-order chi connectivity index (χ1) is 9.00. The van der Waals surface area contributed by atoms with Crippen LogP contribution in [-0.2, 0) is 6.42 Å². The van der Waals surface area contributed by atoms with Crippen LogP contribution in [0, 0.1) is 5.41 Å². The minimum absolute atomic E-state index is 0.442. The molecule has 2 heterocycles. The van der Waals surface area contributed by atoms with Crippen molar-refractivity contribution in [2.24, 2.45) is 5.41 Å². The summed E-state index contributed by atoms with van der Waals surface area (Å²) in [5, 5.41) is 0.567. The predicted molar refractivity (Wildman–Crippen MR) is 80.9 cm³/mol. The van der Waals surface area contributed by atoms with E-state index in [2.05, 4.69) is 35.6 Å². The van der Waals surface area contributed by atoms with E-state index >= 15 is 0 Å². The third-order valence-corrected chi connectivity index (χ3v) is 4.06. The Balaban J connectivity index is 2.16. The molecule has 0 saturated carbocycles. The Morgan fingerprint density at radius 1 is 1.26 bits per heavy atom. The van der Waals surface area contributed by atoms with Gasteiger partial charge in [-0.3, -0.25) is 0 Å². The summed E-state index contributed by atoms with van der Waals surface area (Å²) < 4.78 is 0. The van der Waals surface area contributed by atoms with Gasteiger partial charge in [-0.2, -0.15) is 0 Å². The number of halogens is 1. The van der Waals surface area contributed by atoms with Crippen LogP contribution in [0.15, 0.2) is 6.07 Å². The molecule has 106 valence electrons. The lowest BCUT2D eigenvalue weighted by atomic mass is 9.85. The van der Waals surface area contributed by atoms with E-state index in [0.29, 0.717) is 10.6 Å². The first kappa shape index (κ1) is 14.6. The Labute approximate surface area is 121 Å². The van der Waals surface area contributed by atoms with Crippen LogP contribution in [0.2, 0.25) is 5.15 Å². The summed E-state index contributed by atoms with van der Waals surface area (Å²) in [4.78, 5) is 11.3. The molecule has 1 aliphatic heterocycles. The van der Waals surface area contributed by atoms with Gasteiger partial charge >= 0.3 is 0 Å². The highest BCUT2D eigenvalue weighted by Crippen LogP contribution is 2.31. The van der Waals surface area contributed by atoms with Crippen LogP contribution in [0.4, 0.5) is 5.82 Å². The third-order valence-electron chi connectivity index (χ3n) is 3.87. The molecule has 0 N–H and O–H groups in total. The lowest BCUT2D eigenvalue weighted by Crippen LogP contribution is -2.26. The molecule has 19 heavy (non-hydrogen) atoms. The van der Waals surface area contributed by atoms with Crippen LogP contribution >= 0.6 is 11.6 Å². The maximum atomic E-state index is 6.12. The molecular formula is C15H24ClN3. The second kappa shape index (κ2) is 6.08. The molecule has 0 bridgehead atoms. The van der Waals surface area contributed by atoms with Gasteiger partial charge < -0.3 is 4.90 Å². The molecule has 0 aliphatic carbocycles. The zero-order chi connectivity index (χ0) is 13.9. The van der Waals surface area contributed by atoms with Crippen LogP contribution in [0.5, 0.6) is 0 Å². The molecule has 0 spiro atoms. The minimum atomic E-state index is 0.442. The Morgan fingerprint density at radius 3 is 2.79 bits per heavy atom. The number of aryl methyl sites for hydroxylation is 1.